The Kier molecular flexibility index (Phi) is 12.2. The Morgan fingerprint density at radius 1 is 0.848 bits per heavy atom. The van der Waals surface area contributed by atoms with Crippen LogP contribution in [-0.4, -0.2) is 53.3 Å². The molecule has 0 saturated carbocycles. The molecule has 4 aromatic rings. The van der Waals surface area contributed by atoms with Gasteiger partial charge in [-0.3, -0.25) is 9.59 Å². The number of amides is 1. The number of nitrogens with two attached hydrogens (primary N) is 1. The number of benzene rings is 2. The maximum absolute atomic E-state index is 11.8. The number of aliphatic carboxylic acids is 1. The summed E-state index contributed by atoms with van der Waals surface area (Å²) in [5.41, 5.74) is 11.6. The van der Waals surface area contributed by atoms with Gasteiger partial charge in [0.2, 0.25) is 5.91 Å². The summed E-state index contributed by atoms with van der Waals surface area (Å²) in [6, 6.07) is 23.6. The maximum atomic E-state index is 11.8. The molecule has 11 heteroatoms. The number of hydrogen-bond acceptors (Lipinski definition) is 6. The van der Waals surface area contributed by atoms with Crippen LogP contribution in [0.5, 0.6) is 0 Å². The van der Waals surface area contributed by atoms with Crippen molar-refractivity contribution in [2.75, 3.05) is 13.1 Å². The van der Waals surface area contributed by atoms with Crippen molar-refractivity contribution in [2.24, 2.45) is 5.73 Å². The second-order valence-corrected chi connectivity index (χ2v) is 12.1. The van der Waals surface area contributed by atoms with Crippen LogP contribution in [0.25, 0.3) is 11.1 Å². The van der Waals surface area contributed by atoms with E-state index in [4.69, 9.17) is 10.8 Å². The van der Waals surface area contributed by atoms with Gasteiger partial charge >= 0.3 is 13.1 Å². The van der Waals surface area contributed by atoms with E-state index in [0.29, 0.717) is 18.4 Å². The van der Waals surface area contributed by atoms with E-state index in [1.54, 1.807) is 12.1 Å². The van der Waals surface area contributed by atoms with Crippen molar-refractivity contribution in [3.05, 3.63) is 114 Å². The number of unbranched alkanes of at least 4 members (excludes halogenated alkanes) is 1. The van der Waals surface area contributed by atoms with Crippen LogP contribution in [0.3, 0.4) is 0 Å². The Morgan fingerprint density at radius 3 is 2.02 bits per heavy atom. The first-order chi connectivity index (χ1) is 22.0. The minimum Gasteiger partial charge on any atom is -0.480 e. The number of carboxylic acids is 1. The molecule has 240 valence electrons. The number of nitrogens with zero attached hydrogens (tertiary/aromatic N) is 2. The molecule has 10 nitrogen and oxygen atoms in total. The zero-order valence-corrected chi connectivity index (χ0v) is 26.5. The average molecular weight is 626 g/mol. The van der Waals surface area contributed by atoms with Gasteiger partial charge in [-0.15, -0.1) is 0 Å². The number of carbonyl (C=O) groups is 2. The number of carboxylic acid groups (broad SMARTS) is 1. The molecule has 2 aromatic carbocycles. The summed E-state index contributed by atoms with van der Waals surface area (Å²) in [6.45, 7) is 5.93. The highest BCUT2D eigenvalue weighted by Crippen LogP contribution is 2.21. The lowest BCUT2D eigenvalue weighted by atomic mass is 9.77. The van der Waals surface area contributed by atoms with Crippen LogP contribution in [0.4, 0.5) is 0 Å². The smallest absolute Gasteiger partial charge is 0.480 e. The molecule has 7 N–H and O–H groups in total. The summed E-state index contributed by atoms with van der Waals surface area (Å²) in [5.74, 6) is -1.52. The monoisotopic (exact) mass is 625 g/mol. The first-order valence-electron chi connectivity index (χ1n) is 15.5. The fourth-order valence-corrected chi connectivity index (χ4v) is 5.29. The van der Waals surface area contributed by atoms with Crippen LogP contribution in [-0.2, 0) is 28.2 Å². The molecule has 0 aliphatic carbocycles. The molecule has 4 rings (SSSR count). The minimum absolute atomic E-state index is 0.231. The summed E-state index contributed by atoms with van der Waals surface area (Å²) >= 11 is 0. The molecule has 1 amide bonds. The van der Waals surface area contributed by atoms with E-state index in [1.165, 1.54) is 11.1 Å². The van der Waals surface area contributed by atoms with Crippen molar-refractivity contribution in [3.63, 3.8) is 0 Å². The van der Waals surface area contributed by atoms with Gasteiger partial charge in [0.1, 0.15) is 6.54 Å². The molecule has 0 radical (unpaired) electrons. The molecule has 0 fully saturated rings. The second-order valence-electron chi connectivity index (χ2n) is 12.1. The molecule has 0 aliphatic rings. The lowest BCUT2D eigenvalue weighted by Gasteiger charge is -2.27. The van der Waals surface area contributed by atoms with Crippen molar-refractivity contribution >= 4 is 24.5 Å². The average Bonchev–Trinajstić information content (AvgIpc) is 3.04. The molecule has 1 unspecified atom stereocenters. The molecule has 0 saturated heterocycles. The largest absolute Gasteiger partial charge is 0.488 e. The normalized spacial score (nSPS) is 12.0. The van der Waals surface area contributed by atoms with Gasteiger partial charge in [0.05, 0.1) is 6.04 Å². The third kappa shape index (κ3) is 10.0. The Morgan fingerprint density at radius 2 is 1.43 bits per heavy atom. The molecular weight excluding hydrogens is 581 g/mol. The molecule has 0 aliphatic heterocycles. The van der Waals surface area contributed by atoms with Gasteiger partial charge in [0.15, 0.2) is 37.9 Å². The zero-order chi connectivity index (χ0) is 33.1. The highest BCUT2D eigenvalue weighted by molar-refractivity contribution is 6.59. The molecule has 46 heavy (non-hydrogen) atoms. The predicted molar refractivity (Wildman–Crippen MR) is 177 cm³/mol. The lowest BCUT2D eigenvalue weighted by molar-refractivity contribution is -0.688. The number of rotatable bonds is 16. The van der Waals surface area contributed by atoms with Gasteiger partial charge < -0.3 is 31.5 Å². The Balaban J connectivity index is 1.24. The zero-order valence-electron chi connectivity index (χ0n) is 26.5. The van der Waals surface area contributed by atoms with Gasteiger partial charge in [0, 0.05) is 40.9 Å². The first kappa shape index (κ1) is 34.5. The summed E-state index contributed by atoms with van der Waals surface area (Å²) in [5, 5.41) is 33.9. The SMILES string of the molecule is CC(C)(NCCCCC(N)C(=O)NCC(=O)O)c1ccc(C[n+]2ccc(-c3cc[n+](Cc4ccccc4B(O)O)cc3)cc2)cc1. The summed E-state index contributed by atoms with van der Waals surface area (Å²) in [4.78, 5) is 22.4. The van der Waals surface area contributed by atoms with E-state index in [0.717, 1.165) is 42.6 Å². The standard InChI is InChI=1S/C35H42BN5O5/c1-35(2,39-18-6-5-9-32(37)34(44)38-23-33(42)43)30-12-10-26(11-13-30)24-40-19-14-27(15-20-40)28-16-21-41(22-17-28)25-29-7-3-4-8-31(29)36(45)46/h3-4,7-8,10-17,19-22,32,39,45-46H,5-6,9,18,23-25,37H2,1-2H3/p+2. The van der Waals surface area contributed by atoms with Crippen LogP contribution in [0, 0.1) is 0 Å². The number of aromatic nitrogens is 2. The van der Waals surface area contributed by atoms with Crippen molar-refractivity contribution in [1.82, 2.24) is 10.6 Å². The fraction of sp³-hybridized carbons (Fsp3) is 0.314. The lowest BCUT2D eigenvalue weighted by Crippen LogP contribution is -2.42. The van der Waals surface area contributed by atoms with E-state index in [9.17, 15) is 19.6 Å². The van der Waals surface area contributed by atoms with E-state index >= 15 is 0 Å². The van der Waals surface area contributed by atoms with Crippen LogP contribution in [0.2, 0.25) is 0 Å². The predicted octanol–water partition coefficient (Wildman–Crippen LogP) is 1.23. The third-order valence-corrected chi connectivity index (χ3v) is 8.10. The maximum Gasteiger partial charge on any atom is 0.488 e. The Labute approximate surface area is 270 Å². The van der Waals surface area contributed by atoms with E-state index in [-0.39, 0.29) is 5.54 Å². The van der Waals surface area contributed by atoms with E-state index in [1.807, 2.05) is 29.1 Å². The second kappa shape index (κ2) is 16.2. The minimum atomic E-state index is -1.50. The first-order valence-corrected chi connectivity index (χ1v) is 15.5. The van der Waals surface area contributed by atoms with E-state index in [2.05, 4.69) is 90.0 Å². The van der Waals surface area contributed by atoms with Gasteiger partial charge in [-0.25, -0.2) is 9.13 Å². The summed E-state index contributed by atoms with van der Waals surface area (Å²) < 4.78 is 4.16. The van der Waals surface area contributed by atoms with Crippen LogP contribution >= 0.6 is 0 Å². The molecular formula is C35H44BN5O5+2. The van der Waals surface area contributed by atoms with Crippen molar-refractivity contribution < 1.29 is 33.9 Å². The number of carbonyl (C=O) groups excluding carboxylic acids is 1. The van der Waals surface area contributed by atoms with Crippen molar-refractivity contribution in [2.45, 2.75) is 57.8 Å². The van der Waals surface area contributed by atoms with Crippen molar-refractivity contribution in [3.8, 4) is 11.1 Å². The summed E-state index contributed by atoms with van der Waals surface area (Å²) in [6.07, 6.45) is 10.3. The van der Waals surface area contributed by atoms with Gasteiger partial charge in [0.25, 0.3) is 0 Å². The van der Waals surface area contributed by atoms with Gasteiger partial charge in [-0.2, -0.15) is 0 Å². The molecule has 2 aromatic heterocycles. The van der Waals surface area contributed by atoms with Crippen molar-refractivity contribution in [1.29, 1.82) is 0 Å². The van der Waals surface area contributed by atoms with Gasteiger partial charge in [-0.1, -0.05) is 55.0 Å². The summed E-state index contributed by atoms with van der Waals surface area (Å²) in [7, 11) is -1.50. The van der Waals surface area contributed by atoms with E-state index < -0.39 is 31.6 Å². The van der Waals surface area contributed by atoms with Crippen LogP contribution in [0.1, 0.15) is 49.8 Å². The Bertz CT molecular complexity index is 1580. The Hall–Kier alpha value is -4.42. The van der Waals surface area contributed by atoms with Gasteiger partial charge in [-0.05, 0) is 55.4 Å². The molecule has 1 atom stereocenters. The molecule has 0 bridgehead atoms. The highest BCUT2D eigenvalue weighted by atomic mass is 16.4. The highest BCUT2D eigenvalue weighted by Gasteiger charge is 2.21. The topological polar surface area (TPSA) is 153 Å². The molecule has 0 spiro atoms. The third-order valence-electron chi connectivity index (χ3n) is 8.10. The van der Waals surface area contributed by atoms with Crippen LogP contribution in [0.15, 0.2) is 97.6 Å². The molecule has 2 heterocycles. The number of pyridine rings is 2. The number of hydrogen-bond donors (Lipinski definition) is 6. The van der Waals surface area contributed by atoms with Crippen LogP contribution < -0.4 is 31.0 Å². The fourth-order valence-electron chi connectivity index (χ4n) is 5.29. The number of nitrogens with one attached hydrogen (secondary N) is 2. The quantitative estimate of drug-likeness (QED) is 0.0623.